The number of hydrogen-bond donors (Lipinski definition) is 2. The summed E-state index contributed by atoms with van der Waals surface area (Å²) in [4.78, 5) is 14.0. The van der Waals surface area contributed by atoms with Gasteiger partial charge in [0.25, 0.3) is 0 Å². The second-order valence-electron chi connectivity index (χ2n) is 5.50. The molecule has 5 heteroatoms. The summed E-state index contributed by atoms with van der Waals surface area (Å²) in [5.74, 6) is 0.633. The molecule has 0 saturated carbocycles. The van der Waals surface area contributed by atoms with E-state index in [0.29, 0.717) is 18.5 Å². The first kappa shape index (κ1) is 13.8. The fraction of sp³-hybridized carbons (Fsp3) is 0.923. The van der Waals surface area contributed by atoms with Crippen LogP contribution >= 0.6 is 0 Å². The van der Waals surface area contributed by atoms with Crippen molar-refractivity contribution in [3.8, 4) is 0 Å². The smallest absolute Gasteiger partial charge is 0.234 e. The average Bonchev–Trinajstić information content (AvgIpc) is 2.40. The van der Waals surface area contributed by atoms with Gasteiger partial charge >= 0.3 is 0 Å². The highest BCUT2D eigenvalue weighted by atomic mass is 16.5. The molecule has 2 rings (SSSR count). The van der Waals surface area contributed by atoms with Gasteiger partial charge in [0.05, 0.1) is 13.2 Å². The number of hydrogen-bond acceptors (Lipinski definition) is 4. The molecule has 0 spiro atoms. The summed E-state index contributed by atoms with van der Waals surface area (Å²) < 4.78 is 5.40. The number of amides is 1. The molecule has 5 nitrogen and oxygen atoms in total. The normalized spacial score (nSPS) is 27.1. The Morgan fingerprint density at radius 3 is 2.78 bits per heavy atom. The fourth-order valence-corrected chi connectivity index (χ4v) is 2.60. The Balaban J connectivity index is 1.59. The molecule has 0 radical (unpaired) electrons. The maximum atomic E-state index is 11.8. The largest absolute Gasteiger partial charge is 0.381 e. The molecule has 1 unspecified atom stereocenters. The first-order valence-electron chi connectivity index (χ1n) is 7.06. The maximum absolute atomic E-state index is 11.8. The van der Waals surface area contributed by atoms with E-state index in [9.17, 15) is 4.79 Å². The van der Waals surface area contributed by atoms with Gasteiger partial charge in [0.2, 0.25) is 5.91 Å². The Labute approximate surface area is 109 Å². The van der Waals surface area contributed by atoms with Gasteiger partial charge in [0.15, 0.2) is 0 Å². The first-order valence-corrected chi connectivity index (χ1v) is 7.06. The molecule has 1 atom stereocenters. The SMILES string of the molecule is NC1CCN(CC(=O)NCC2CCCOC2)CC1. The molecule has 0 aliphatic carbocycles. The number of likely N-dealkylation sites (tertiary alicyclic amines) is 1. The Kier molecular flexibility index (Phi) is 5.41. The lowest BCUT2D eigenvalue weighted by molar-refractivity contribution is -0.122. The number of carbonyl (C=O) groups excluding carboxylic acids is 1. The monoisotopic (exact) mass is 255 g/mol. The molecule has 3 N–H and O–H groups in total. The van der Waals surface area contributed by atoms with E-state index in [2.05, 4.69) is 10.2 Å². The molecular weight excluding hydrogens is 230 g/mol. The summed E-state index contributed by atoms with van der Waals surface area (Å²) in [7, 11) is 0. The van der Waals surface area contributed by atoms with Crippen LogP contribution in [-0.4, -0.2) is 56.2 Å². The Morgan fingerprint density at radius 1 is 1.33 bits per heavy atom. The maximum Gasteiger partial charge on any atom is 0.234 e. The lowest BCUT2D eigenvalue weighted by Gasteiger charge is -2.29. The Bertz CT molecular complexity index is 259. The minimum Gasteiger partial charge on any atom is -0.381 e. The highest BCUT2D eigenvalue weighted by molar-refractivity contribution is 5.78. The molecule has 18 heavy (non-hydrogen) atoms. The minimum atomic E-state index is 0.135. The van der Waals surface area contributed by atoms with E-state index in [0.717, 1.165) is 52.1 Å². The van der Waals surface area contributed by atoms with Gasteiger partial charge in [0.1, 0.15) is 0 Å². The summed E-state index contributed by atoms with van der Waals surface area (Å²) in [5.41, 5.74) is 5.84. The van der Waals surface area contributed by atoms with Crippen LogP contribution in [0.1, 0.15) is 25.7 Å². The van der Waals surface area contributed by atoms with Crippen molar-refractivity contribution in [3.63, 3.8) is 0 Å². The zero-order valence-electron chi connectivity index (χ0n) is 11.1. The second-order valence-corrected chi connectivity index (χ2v) is 5.50. The number of ether oxygens (including phenoxy) is 1. The summed E-state index contributed by atoms with van der Waals surface area (Å²) in [6, 6.07) is 0.323. The van der Waals surface area contributed by atoms with Crippen LogP contribution < -0.4 is 11.1 Å². The molecule has 2 aliphatic rings. The third kappa shape index (κ3) is 4.55. The highest BCUT2D eigenvalue weighted by Gasteiger charge is 2.19. The molecule has 2 fully saturated rings. The fourth-order valence-electron chi connectivity index (χ4n) is 2.60. The van der Waals surface area contributed by atoms with E-state index in [1.54, 1.807) is 0 Å². The molecule has 2 saturated heterocycles. The second kappa shape index (κ2) is 7.07. The van der Waals surface area contributed by atoms with Gasteiger partial charge in [-0.2, -0.15) is 0 Å². The van der Waals surface area contributed by atoms with Crippen molar-refractivity contribution in [1.29, 1.82) is 0 Å². The Morgan fingerprint density at radius 2 is 2.11 bits per heavy atom. The lowest BCUT2D eigenvalue weighted by atomic mass is 10.0. The van der Waals surface area contributed by atoms with E-state index >= 15 is 0 Å². The van der Waals surface area contributed by atoms with E-state index in [-0.39, 0.29) is 5.91 Å². The van der Waals surface area contributed by atoms with E-state index in [1.165, 1.54) is 6.42 Å². The summed E-state index contributed by atoms with van der Waals surface area (Å²) in [6.45, 7) is 4.83. The lowest BCUT2D eigenvalue weighted by Crippen LogP contribution is -2.45. The van der Waals surface area contributed by atoms with E-state index < -0.39 is 0 Å². The van der Waals surface area contributed by atoms with Crippen molar-refractivity contribution >= 4 is 5.91 Å². The Hall–Kier alpha value is -0.650. The number of nitrogens with one attached hydrogen (secondary N) is 1. The topological polar surface area (TPSA) is 67.6 Å². The molecule has 1 amide bonds. The number of piperidine rings is 1. The van der Waals surface area contributed by atoms with Crippen molar-refractivity contribution in [1.82, 2.24) is 10.2 Å². The quantitative estimate of drug-likeness (QED) is 0.739. The third-order valence-corrected chi connectivity index (χ3v) is 3.84. The standard InChI is InChI=1S/C13H25N3O2/c14-12-3-5-16(6-4-12)9-13(17)15-8-11-2-1-7-18-10-11/h11-12H,1-10,14H2,(H,15,17). The van der Waals surface area contributed by atoms with Crippen LogP contribution in [0.25, 0.3) is 0 Å². The van der Waals surface area contributed by atoms with Crippen LogP contribution in [0.15, 0.2) is 0 Å². The van der Waals surface area contributed by atoms with Gasteiger partial charge in [-0.05, 0) is 31.6 Å². The number of carbonyl (C=O) groups is 1. The van der Waals surface area contributed by atoms with Crippen LogP contribution in [-0.2, 0) is 9.53 Å². The predicted molar refractivity (Wildman–Crippen MR) is 70.2 cm³/mol. The molecule has 2 heterocycles. The van der Waals surface area contributed by atoms with Gasteiger partial charge in [-0.3, -0.25) is 9.69 Å². The van der Waals surface area contributed by atoms with E-state index in [1.807, 2.05) is 0 Å². The molecule has 0 aromatic rings. The van der Waals surface area contributed by atoms with Crippen molar-refractivity contribution in [2.24, 2.45) is 11.7 Å². The van der Waals surface area contributed by atoms with Crippen LogP contribution in [0, 0.1) is 5.92 Å². The van der Waals surface area contributed by atoms with Crippen LogP contribution in [0.5, 0.6) is 0 Å². The van der Waals surface area contributed by atoms with Crippen LogP contribution in [0.3, 0.4) is 0 Å². The summed E-state index contributed by atoms with van der Waals surface area (Å²) in [5, 5.41) is 3.02. The van der Waals surface area contributed by atoms with E-state index in [4.69, 9.17) is 10.5 Å². The van der Waals surface area contributed by atoms with Crippen LogP contribution in [0.4, 0.5) is 0 Å². The number of rotatable bonds is 4. The van der Waals surface area contributed by atoms with Crippen molar-refractivity contribution in [2.75, 3.05) is 39.4 Å². The van der Waals surface area contributed by atoms with Crippen molar-refractivity contribution in [3.05, 3.63) is 0 Å². The summed E-state index contributed by atoms with van der Waals surface area (Å²) >= 11 is 0. The first-order chi connectivity index (χ1) is 8.74. The summed E-state index contributed by atoms with van der Waals surface area (Å²) in [6.07, 6.45) is 4.29. The van der Waals surface area contributed by atoms with Gasteiger partial charge in [0, 0.05) is 32.3 Å². The third-order valence-electron chi connectivity index (χ3n) is 3.84. The van der Waals surface area contributed by atoms with Gasteiger partial charge in [-0.1, -0.05) is 0 Å². The molecule has 104 valence electrons. The van der Waals surface area contributed by atoms with Crippen molar-refractivity contribution < 1.29 is 9.53 Å². The van der Waals surface area contributed by atoms with Crippen LogP contribution in [0.2, 0.25) is 0 Å². The van der Waals surface area contributed by atoms with Gasteiger partial charge < -0.3 is 15.8 Å². The van der Waals surface area contributed by atoms with Crippen molar-refractivity contribution in [2.45, 2.75) is 31.7 Å². The zero-order valence-corrected chi connectivity index (χ0v) is 11.1. The molecule has 0 bridgehead atoms. The minimum absolute atomic E-state index is 0.135. The van der Waals surface area contributed by atoms with Gasteiger partial charge in [-0.15, -0.1) is 0 Å². The molecule has 0 aromatic heterocycles. The highest BCUT2D eigenvalue weighted by Crippen LogP contribution is 2.12. The predicted octanol–water partition coefficient (Wildman–Crippen LogP) is -0.0477. The number of nitrogens with two attached hydrogens (primary N) is 1. The molecule has 2 aliphatic heterocycles. The zero-order chi connectivity index (χ0) is 12.8. The number of nitrogens with zero attached hydrogens (tertiary/aromatic N) is 1. The van der Waals surface area contributed by atoms with Gasteiger partial charge in [-0.25, -0.2) is 0 Å². The molecular formula is C13H25N3O2. The molecule has 0 aromatic carbocycles. The average molecular weight is 255 g/mol.